The van der Waals surface area contributed by atoms with Crippen molar-refractivity contribution in [2.75, 3.05) is 39.3 Å². The molecule has 0 saturated carbocycles. The molecule has 1 aromatic carbocycles. The van der Waals surface area contributed by atoms with Crippen molar-refractivity contribution in [1.82, 2.24) is 20.5 Å². The van der Waals surface area contributed by atoms with E-state index in [1.807, 2.05) is 6.20 Å². The van der Waals surface area contributed by atoms with E-state index >= 15 is 0 Å². The number of hydrogen-bond donors (Lipinski definition) is 2. The van der Waals surface area contributed by atoms with Crippen LogP contribution < -0.4 is 10.6 Å². The van der Waals surface area contributed by atoms with Crippen molar-refractivity contribution in [3.8, 4) is 0 Å². The first kappa shape index (κ1) is 20.8. The summed E-state index contributed by atoms with van der Waals surface area (Å²) in [6, 6.07) is 10.8. The second-order valence-electron chi connectivity index (χ2n) is 7.45. The highest BCUT2D eigenvalue weighted by Crippen LogP contribution is 2.17. The Morgan fingerprint density at radius 2 is 2.11 bits per heavy atom. The van der Waals surface area contributed by atoms with E-state index in [1.54, 1.807) is 11.3 Å². The van der Waals surface area contributed by atoms with Gasteiger partial charge in [0, 0.05) is 50.2 Å². The van der Waals surface area contributed by atoms with Crippen LogP contribution in [0.3, 0.4) is 0 Å². The zero-order valence-corrected chi connectivity index (χ0v) is 18.0. The van der Waals surface area contributed by atoms with Crippen LogP contribution in [0.5, 0.6) is 0 Å². The first-order valence-electron chi connectivity index (χ1n) is 10.4. The molecule has 1 atom stereocenters. The maximum absolute atomic E-state index is 4.84. The first-order chi connectivity index (χ1) is 13.7. The van der Waals surface area contributed by atoms with Gasteiger partial charge in [0.05, 0.1) is 5.01 Å². The Balaban J connectivity index is 1.39. The number of thiazole rings is 1. The summed E-state index contributed by atoms with van der Waals surface area (Å²) in [6.45, 7) is 10.4. The van der Waals surface area contributed by atoms with Crippen LogP contribution in [0.2, 0.25) is 0 Å². The van der Waals surface area contributed by atoms with Gasteiger partial charge >= 0.3 is 0 Å². The molecule has 1 aliphatic rings. The van der Waals surface area contributed by atoms with Crippen LogP contribution in [0, 0.1) is 12.8 Å². The molecule has 5 nitrogen and oxygen atoms in total. The second kappa shape index (κ2) is 11.2. The first-order valence-corrected chi connectivity index (χ1v) is 11.2. The predicted octanol–water partition coefficient (Wildman–Crippen LogP) is 3.11. The van der Waals surface area contributed by atoms with Crippen LogP contribution in [0.15, 0.2) is 41.5 Å². The molecule has 152 valence electrons. The predicted molar refractivity (Wildman–Crippen MR) is 119 cm³/mol. The van der Waals surface area contributed by atoms with E-state index in [1.165, 1.54) is 28.4 Å². The van der Waals surface area contributed by atoms with Crippen molar-refractivity contribution < 1.29 is 0 Å². The number of benzene rings is 1. The van der Waals surface area contributed by atoms with Gasteiger partial charge in [-0.15, -0.1) is 11.3 Å². The van der Waals surface area contributed by atoms with Gasteiger partial charge in [-0.05, 0) is 44.7 Å². The lowest BCUT2D eigenvalue weighted by molar-refractivity contribution is 0.329. The summed E-state index contributed by atoms with van der Waals surface area (Å²) in [5, 5.41) is 8.00. The van der Waals surface area contributed by atoms with Gasteiger partial charge in [0.1, 0.15) is 0 Å². The van der Waals surface area contributed by atoms with Crippen molar-refractivity contribution in [2.24, 2.45) is 10.9 Å². The minimum Gasteiger partial charge on any atom is -0.357 e. The summed E-state index contributed by atoms with van der Waals surface area (Å²) in [7, 11) is 0. The van der Waals surface area contributed by atoms with Crippen molar-refractivity contribution >= 4 is 17.3 Å². The third-order valence-electron chi connectivity index (χ3n) is 5.08. The lowest BCUT2D eigenvalue weighted by Gasteiger charge is -2.16. The highest BCUT2D eigenvalue weighted by atomic mass is 32.1. The normalized spacial score (nSPS) is 17.8. The quantitative estimate of drug-likeness (QED) is 0.502. The van der Waals surface area contributed by atoms with Gasteiger partial charge in [-0.25, -0.2) is 4.98 Å². The fraction of sp³-hybridized carbons (Fsp3) is 0.545. The van der Waals surface area contributed by atoms with E-state index in [0.29, 0.717) is 5.92 Å². The highest BCUT2D eigenvalue weighted by Gasteiger charge is 2.21. The number of aromatic nitrogens is 1. The van der Waals surface area contributed by atoms with Gasteiger partial charge in [0.15, 0.2) is 5.96 Å². The molecule has 2 heterocycles. The molecule has 1 aliphatic heterocycles. The number of rotatable bonds is 9. The van der Waals surface area contributed by atoms with Crippen LogP contribution in [0.25, 0.3) is 0 Å². The van der Waals surface area contributed by atoms with Gasteiger partial charge in [-0.3, -0.25) is 4.99 Å². The fourth-order valence-corrected chi connectivity index (χ4v) is 4.35. The molecule has 0 radical (unpaired) electrons. The lowest BCUT2D eigenvalue weighted by atomic mass is 10.1. The standard InChI is InChI=1S/C22H33N5S/c1-3-23-22(24-12-9-21-25-15-18(2)28-21)26-16-20-11-14-27(17-20)13-10-19-7-5-4-6-8-19/h4-8,15,20H,3,9-14,16-17H2,1-2H3,(H2,23,24,26). The second-order valence-corrected chi connectivity index (χ2v) is 8.77. The van der Waals surface area contributed by atoms with Crippen molar-refractivity contribution in [2.45, 2.75) is 33.1 Å². The Hall–Kier alpha value is -1.92. The average Bonchev–Trinajstić information content (AvgIpc) is 3.34. The minimum absolute atomic E-state index is 0.660. The van der Waals surface area contributed by atoms with Gasteiger partial charge in [-0.2, -0.15) is 0 Å². The summed E-state index contributed by atoms with van der Waals surface area (Å²) < 4.78 is 0. The van der Waals surface area contributed by atoms with E-state index in [2.05, 4.69) is 64.7 Å². The average molecular weight is 400 g/mol. The Morgan fingerprint density at radius 1 is 1.25 bits per heavy atom. The molecule has 0 aliphatic carbocycles. The van der Waals surface area contributed by atoms with E-state index < -0.39 is 0 Å². The van der Waals surface area contributed by atoms with Gasteiger partial charge in [0.2, 0.25) is 0 Å². The maximum Gasteiger partial charge on any atom is 0.191 e. The third kappa shape index (κ3) is 6.91. The van der Waals surface area contributed by atoms with Crippen LogP contribution in [0.1, 0.15) is 28.8 Å². The zero-order chi connectivity index (χ0) is 19.6. The Labute approximate surface area is 173 Å². The molecular formula is C22H33N5S. The van der Waals surface area contributed by atoms with E-state index in [-0.39, 0.29) is 0 Å². The summed E-state index contributed by atoms with van der Waals surface area (Å²) in [4.78, 5) is 13.1. The van der Waals surface area contributed by atoms with Gasteiger partial charge in [0.25, 0.3) is 0 Å². The van der Waals surface area contributed by atoms with Gasteiger partial charge in [-0.1, -0.05) is 30.3 Å². The van der Waals surface area contributed by atoms with E-state index in [0.717, 1.165) is 51.5 Å². The Morgan fingerprint density at radius 3 is 2.86 bits per heavy atom. The molecule has 1 unspecified atom stereocenters. The number of guanidine groups is 1. The van der Waals surface area contributed by atoms with Crippen LogP contribution >= 0.6 is 11.3 Å². The van der Waals surface area contributed by atoms with Crippen molar-refractivity contribution in [1.29, 1.82) is 0 Å². The molecule has 2 aromatic rings. The summed E-state index contributed by atoms with van der Waals surface area (Å²) in [5.41, 5.74) is 1.43. The number of likely N-dealkylation sites (tertiary alicyclic amines) is 1. The molecule has 1 saturated heterocycles. The lowest BCUT2D eigenvalue weighted by Crippen LogP contribution is -2.38. The molecule has 0 spiro atoms. The molecule has 0 amide bonds. The number of nitrogens with zero attached hydrogens (tertiary/aromatic N) is 3. The molecule has 1 aromatic heterocycles. The van der Waals surface area contributed by atoms with Gasteiger partial charge < -0.3 is 15.5 Å². The Bertz CT molecular complexity index is 728. The van der Waals surface area contributed by atoms with E-state index in [9.17, 15) is 0 Å². The fourth-order valence-electron chi connectivity index (χ4n) is 3.56. The topological polar surface area (TPSA) is 52.6 Å². The maximum atomic E-state index is 4.84. The number of aliphatic imine (C=N–C) groups is 1. The van der Waals surface area contributed by atoms with Crippen LogP contribution in [-0.4, -0.2) is 55.1 Å². The van der Waals surface area contributed by atoms with Crippen LogP contribution in [0.4, 0.5) is 0 Å². The number of aryl methyl sites for hydroxylation is 1. The van der Waals surface area contributed by atoms with E-state index in [4.69, 9.17) is 4.99 Å². The Kier molecular flexibility index (Phi) is 8.30. The van der Waals surface area contributed by atoms with Crippen LogP contribution in [-0.2, 0) is 12.8 Å². The molecule has 2 N–H and O–H groups in total. The monoisotopic (exact) mass is 399 g/mol. The molecule has 3 rings (SSSR count). The highest BCUT2D eigenvalue weighted by molar-refractivity contribution is 7.11. The largest absolute Gasteiger partial charge is 0.357 e. The molecule has 6 heteroatoms. The smallest absolute Gasteiger partial charge is 0.191 e. The molecule has 0 bridgehead atoms. The minimum atomic E-state index is 0.660. The van der Waals surface area contributed by atoms with Crippen molar-refractivity contribution in [3.05, 3.63) is 52.0 Å². The molecular weight excluding hydrogens is 366 g/mol. The summed E-state index contributed by atoms with van der Waals surface area (Å²) in [6.07, 6.45) is 5.27. The van der Waals surface area contributed by atoms with Crippen molar-refractivity contribution in [3.63, 3.8) is 0 Å². The molecule has 28 heavy (non-hydrogen) atoms. The molecule has 1 fully saturated rings. The number of hydrogen-bond acceptors (Lipinski definition) is 4. The summed E-state index contributed by atoms with van der Waals surface area (Å²) in [5.74, 6) is 1.59. The summed E-state index contributed by atoms with van der Waals surface area (Å²) >= 11 is 1.77. The third-order valence-corrected chi connectivity index (χ3v) is 6.05. The zero-order valence-electron chi connectivity index (χ0n) is 17.2. The number of nitrogens with one attached hydrogen (secondary N) is 2. The SMILES string of the molecule is CCNC(=NCC1CCN(CCc2ccccc2)C1)NCCc1ncc(C)s1.